The van der Waals surface area contributed by atoms with Gasteiger partial charge in [0.15, 0.2) is 6.10 Å². The van der Waals surface area contributed by atoms with E-state index in [4.69, 9.17) is 18.5 Å². The van der Waals surface area contributed by atoms with Crippen LogP contribution in [0.3, 0.4) is 0 Å². The van der Waals surface area contributed by atoms with Crippen LogP contribution >= 0.6 is 7.82 Å². The van der Waals surface area contributed by atoms with Crippen LogP contribution in [0.25, 0.3) is 0 Å². The number of ether oxygens (including phenoxy) is 2. The first-order chi connectivity index (χ1) is 21.8. The van der Waals surface area contributed by atoms with Gasteiger partial charge in [-0.25, -0.2) is 4.57 Å². The van der Waals surface area contributed by atoms with Gasteiger partial charge in [0.2, 0.25) is 0 Å². The van der Waals surface area contributed by atoms with Gasteiger partial charge in [0, 0.05) is 12.8 Å². The third-order valence-electron chi connectivity index (χ3n) is 8.02. The fraction of sp³-hybridized carbons (Fsp3) is 0.943. The summed E-state index contributed by atoms with van der Waals surface area (Å²) in [4.78, 5) is 34.6. The van der Waals surface area contributed by atoms with E-state index < -0.39 is 26.5 Å². The van der Waals surface area contributed by atoms with Crippen LogP contribution < -0.4 is 5.73 Å². The molecule has 0 saturated carbocycles. The predicted octanol–water partition coefficient (Wildman–Crippen LogP) is 9.00. The zero-order valence-corrected chi connectivity index (χ0v) is 30.1. The molecule has 9 nitrogen and oxygen atoms in total. The summed E-state index contributed by atoms with van der Waals surface area (Å²) in [6, 6.07) is 0. The minimum Gasteiger partial charge on any atom is -0.462 e. The number of unbranched alkanes of at least 4 members (excludes halogenated alkanes) is 22. The Balaban J connectivity index is 4.20. The third-order valence-corrected chi connectivity index (χ3v) is 9.00. The molecule has 0 rings (SSSR count). The van der Waals surface area contributed by atoms with Gasteiger partial charge in [-0.1, -0.05) is 155 Å². The van der Waals surface area contributed by atoms with Gasteiger partial charge in [0.05, 0.1) is 13.2 Å². The molecule has 0 bridgehead atoms. The van der Waals surface area contributed by atoms with E-state index in [2.05, 4.69) is 19.6 Å². The van der Waals surface area contributed by atoms with Crippen LogP contribution in [0.1, 0.15) is 181 Å². The minimum atomic E-state index is -4.32. The van der Waals surface area contributed by atoms with E-state index in [1.807, 2.05) is 0 Å². The first-order valence-electron chi connectivity index (χ1n) is 18.6. The lowest BCUT2D eigenvalue weighted by Crippen LogP contribution is -2.52. The average Bonchev–Trinajstić information content (AvgIpc) is 3.02. The SMILES string of the molecule is CCCCCCCCCCCCCCCC(=O)OC[C@H](COP(=O)(O)OCC[NH3+])OC(=O)CCCCCCCCCCCCC. The number of phosphoric acid groups is 1. The summed E-state index contributed by atoms with van der Waals surface area (Å²) in [6.07, 6.45) is 28.5. The molecule has 10 heteroatoms. The molecule has 4 N–H and O–H groups in total. The van der Waals surface area contributed by atoms with Crippen molar-refractivity contribution >= 4 is 19.8 Å². The zero-order chi connectivity index (χ0) is 33.3. The number of carbonyl (C=O) groups excluding carboxylic acids is 2. The highest BCUT2D eigenvalue weighted by atomic mass is 31.2. The van der Waals surface area contributed by atoms with Gasteiger partial charge in [0.1, 0.15) is 13.2 Å². The quantitative estimate of drug-likeness (QED) is 0.0389. The van der Waals surface area contributed by atoms with Crippen molar-refractivity contribution in [1.29, 1.82) is 0 Å². The highest BCUT2D eigenvalue weighted by molar-refractivity contribution is 7.47. The molecule has 0 aromatic rings. The standard InChI is InChI=1S/C35H70NO8P/c1-3-5-7-9-11-13-15-16-18-19-21-23-25-27-34(37)41-31-33(32-43-45(39,40)42-30-29-36)44-35(38)28-26-24-22-20-17-14-12-10-8-6-4-2/h33H,3-32,36H2,1-2H3,(H,39,40)/p+1/t33-/m1/s1. The summed E-state index contributed by atoms with van der Waals surface area (Å²) < 4.78 is 32.7. The number of phosphoric ester groups is 1. The van der Waals surface area contributed by atoms with Crippen molar-refractivity contribution in [3.8, 4) is 0 Å². The highest BCUT2D eigenvalue weighted by Crippen LogP contribution is 2.43. The smallest absolute Gasteiger partial charge is 0.462 e. The van der Waals surface area contributed by atoms with E-state index in [1.54, 1.807) is 0 Å². The van der Waals surface area contributed by atoms with Gasteiger partial charge in [-0.2, -0.15) is 0 Å². The average molecular weight is 665 g/mol. The van der Waals surface area contributed by atoms with E-state index in [-0.39, 0.29) is 25.6 Å². The fourth-order valence-electron chi connectivity index (χ4n) is 5.23. The molecule has 45 heavy (non-hydrogen) atoms. The van der Waals surface area contributed by atoms with Gasteiger partial charge < -0.3 is 20.1 Å². The summed E-state index contributed by atoms with van der Waals surface area (Å²) in [6.45, 7) is 4.12. The molecule has 0 amide bonds. The Morgan fingerprint density at radius 2 is 0.956 bits per heavy atom. The monoisotopic (exact) mass is 664 g/mol. The number of quaternary nitrogens is 1. The molecule has 0 fully saturated rings. The van der Waals surface area contributed by atoms with Crippen molar-refractivity contribution < 1.29 is 43.3 Å². The second-order valence-corrected chi connectivity index (χ2v) is 14.0. The van der Waals surface area contributed by atoms with Crippen molar-refractivity contribution in [3.63, 3.8) is 0 Å². The molecule has 0 saturated heterocycles. The normalized spacial score (nSPS) is 13.4. The Hall–Kier alpha value is -0.990. The van der Waals surface area contributed by atoms with E-state index in [0.29, 0.717) is 19.4 Å². The lowest BCUT2D eigenvalue weighted by molar-refractivity contribution is -0.371. The number of esters is 2. The summed E-state index contributed by atoms with van der Waals surface area (Å²) in [5.41, 5.74) is 3.57. The van der Waals surface area contributed by atoms with E-state index in [9.17, 15) is 19.0 Å². The van der Waals surface area contributed by atoms with Crippen LogP contribution in [0.2, 0.25) is 0 Å². The molecular formula is C35H71NO8P+. The summed E-state index contributed by atoms with van der Waals surface area (Å²) >= 11 is 0. The van der Waals surface area contributed by atoms with Crippen LogP contribution in [0, 0.1) is 0 Å². The van der Waals surface area contributed by atoms with Crippen molar-refractivity contribution in [1.82, 2.24) is 0 Å². The molecule has 0 spiro atoms. The van der Waals surface area contributed by atoms with Crippen LogP contribution in [-0.4, -0.2) is 49.3 Å². The number of carbonyl (C=O) groups is 2. The Morgan fingerprint density at radius 3 is 1.36 bits per heavy atom. The third kappa shape index (κ3) is 32.7. The molecule has 0 aromatic heterocycles. The fourth-order valence-corrected chi connectivity index (χ4v) is 6.02. The summed E-state index contributed by atoms with van der Waals surface area (Å²) in [7, 11) is -4.32. The summed E-state index contributed by atoms with van der Waals surface area (Å²) in [5, 5.41) is 0. The van der Waals surface area contributed by atoms with E-state index in [1.165, 1.54) is 116 Å². The summed E-state index contributed by atoms with van der Waals surface area (Å²) in [5.74, 6) is -0.802. The van der Waals surface area contributed by atoms with Crippen LogP contribution in [0.5, 0.6) is 0 Å². The first kappa shape index (κ1) is 44.0. The molecule has 0 aliphatic carbocycles. The highest BCUT2D eigenvalue weighted by Gasteiger charge is 2.26. The molecule has 2 atom stereocenters. The van der Waals surface area contributed by atoms with Gasteiger partial charge in [-0.05, 0) is 12.8 Å². The molecule has 0 radical (unpaired) electrons. The Kier molecular flexibility index (Phi) is 32.2. The zero-order valence-electron chi connectivity index (χ0n) is 29.2. The maximum absolute atomic E-state index is 12.5. The van der Waals surface area contributed by atoms with Crippen LogP contribution in [-0.2, 0) is 32.7 Å². The van der Waals surface area contributed by atoms with Gasteiger partial charge in [0.25, 0.3) is 0 Å². The maximum Gasteiger partial charge on any atom is 0.472 e. The topological polar surface area (TPSA) is 136 Å². The second-order valence-electron chi connectivity index (χ2n) is 12.5. The molecular weight excluding hydrogens is 593 g/mol. The molecule has 0 heterocycles. The van der Waals surface area contributed by atoms with E-state index >= 15 is 0 Å². The Morgan fingerprint density at radius 1 is 0.578 bits per heavy atom. The van der Waals surface area contributed by atoms with E-state index in [0.717, 1.165) is 32.1 Å². The van der Waals surface area contributed by atoms with Gasteiger partial charge >= 0.3 is 19.8 Å². The largest absolute Gasteiger partial charge is 0.472 e. The lowest BCUT2D eigenvalue weighted by Gasteiger charge is -2.19. The van der Waals surface area contributed by atoms with Crippen LogP contribution in [0.15, 0.2) is 0 Å². The second kappa shape index (κ2) is 32.9. The molecule has 0 aromatic carbocycles. The molecule has 0 aliphatic heterocycles. The van der Waals surface area contributed by atoms with Gasteiger partial charge in [-0.15, -0.1) is 0 Å². The van der Waals surface area contributed by atoms with Gasteiger partial charge in [-0.3, -0.25) is 18.6 Å². The first-order valence-corrected chi connectivity index (χ1v) is 20.1. The Labute approximate surface area is 276 Å². The predicted molar refractivity (Wildman–Crippen MR) is 182 cm³/mol. The van der Waals surface area contributed by atoms with Crippen molar-refractivity contribution in [2.45, 2.75) is 187 Å². The van der Waals surface area contributed by atoms with Crippen molar-refractivity contribution in [2.24, 2.45) is 0 Å². The number of hydrogen-bond acceptors (Lipinski definition) is 7. The molecule has 0 aliphatic rings. The Bertz CT molecular complexity index is 724. The number of hydrogen-bond donors (Lipinski definition) is 2. The van der Waals surface area contributed by atoms with Crippen molar-refractivity contribution in [2.75, 3.05) is 26.4 Å². The number of rotatable bonds is 35. The lowest BCUT2D eigenvalue weighted by atomic mass is 10.0. The maximum atomic E-state index is 12.5. The molecule has 268 valence electrons. The van der Waals surface area contributed by atoms with Crippen LogP contribution in [0.4, 0.5) is 0 Å². The van der Waals surface area contributed by atoms with Crippen molar-refractivity contribution in [3.05, 3.63) is 0 Å². The minimum absolute atomic E-state index is 0.0365. The molecule has 1 unspecified atom stereocenters.